The molecule has 1 heterocycles. The minimum absolute atomic E-state index is 0.197. The molecule has 0 aliphatic carbocycles. The van der Waals surface area contributed by atoms with Gasteiger partial charge in [-0.1, -0.05) is 32.0 Å². The van der Waals surface area contributed by atoms with Crippen molar-refractivity contribution in [1.82, 2.24) is 4.98 Å². The molecule has 3 aromatic rings. The number of nitrogens with one attached hydrogen (secondary N) is 1. The molecule has 0 radical (unpaired) electrons. The fraction of sp³-hybridized carbons (Fsp3) is 0.261. The second-order valence-electron chi connectivity index (χ2n) is 7.03. The van der Waals surface area contributed by atoms with Gasteiger partial charge < -0.3 is 10.1 Å². The largest absolute Gasteiger partial charge is 0.449 e. The zero-order valence-corrected chi connectivity index (χ0v) is 17.1. The molecule has 3 rings (SSSR count). The lowest BCUT2D eigenvalue weighted by molar-refractivity contribution is 0.102. The van der Waals surface area contributed by atoms with Crippen molar-refractivity contribution in [3.05, 3.63) is 65.9 Å². The molecule has 0 aliphatic rings. The van der Waals surface area contributed by atoms with E-state index in [0.717, 1.165) is 16.6 Å². The average Bonchev–Trinajstić information content (AvgIpc) is 2.73. The number of hydrogen-bond donors (Lipinski definition) is 1. The van der Waals surface area contributed by atoms with Crippen LogP contribution in [0.15, 0.2) is 54.6 Å². The van der Waals surface area contributed by atoms with Crippen LogP contribution in [-0.4, -0.2) is 30.6 Å². The lowest BCUT2D eigenvalue weighted by Gasteiger charge is -2.17. The Bertz CT molecular complexity index is 1030. The molecule has 6 heteroatoms. The van der Waals surface area contributed by atoms with E-state index in [1.807, 2.05) is 30.3 Å². The maximum absolute atomic E-state index is 13.0. The van der Waals surface area contributed by atoms with Crippen molar-refractivity contribution in [1.29, 1.82) is 0 Å². The lowest BCUT2D eigenvalue weighted by atomic mass is 10.0. The molecule has 6 nitrogen and oxygen atoms in total. The van der Waals surface area contributed by atoms with Gasteiger partial charge in [0.1, 0.15) is 0 Å². The Kier molecular flexibility index (Phi) is 6.12. The van der Waals surface area contributed by atoms with E-state index in [0.29, 0.717) is 23.5 Å². The first-order chi connectivity index (χ1) is 13.9. The number of rotatable bonds is 5. The summed E-state index contributed by atoms with van der Waals surface area (Å²) in [6, 6.07) is 16.5. The maximum atomic E-state index is 13.0. The van der Waals surface area contributed by atoms with Crippen LogP contribution in [0, 0.1) is 0 Å². The molecule has 2 aromatic carbocycles. The Morgan fingerprint density at radius 1 is 1.10 bits per heavy atom. The van der Waals surface area contributed by atoms with Crippen LogP contribution in [0.1, 0.15) is 42.7 Å². The molecular weight excluding hydrogens is 366 g/mol. The zero-order chi connectivity index (χ0) is 21.0. The lowest BCUT2D eigenvalue weighted by Crippen LogP contribution is -2.26. The Balaban J connectivity index is 1.84. The van der Waals surface area contributed by atoms with Crippen LogP contribution in [0.3, 0.4) is 0 Å². The number of benzene rings is 2. The molecule has 150 valence electrons. The van der Waals surface area contributed by atoms with E-state index in [1.165, 1.54) is 4.90 Å². The zero-order valence-electron chi connectivity index (χ0n) is 17.1. The number of aromatic nitrogens is 1. The Labute approximate surface area is 170 Å². The number of nitrogens with zero attached hydrogens (tertiary/aromatic N) is 2. The smallest absolute Gasteiger partial charge is 0.413 e. The average molecular weight is 391 g/mol. The summed E-state index contributed by atoms with van der Waals surface area (Å²) >= 11 is 0. The van der Waals surface area contributed by atoms with Crippen LogP contribution in [0.5, 0.6) is 0 Å². The van der Waals surface area contributed by atoms with E-state index in [9.17, 15) is 9.59 Å². The molecule has 0 unspecified atom stereocenters. The monoisotopic (exact) mass is 391 g/mol. The predicted octanol–water partition coefficient (Wildman–Crippen LogP) is 5.20. The van der Waals surface area contributed by atoms with Gasteiger partial charge in [-0.3, -0.25) is 14.7 Å². The number of para-hydroxylation sites is 1. The van der Waals surface area contributed by atoms with Gasteiger partial charge in [-0.15, -0.1) is 0 Å². The standard InChI is InChI=1S/C23H25N3O3/c1-5-29-23(28)26(4)17-12-10-16(11-13-17)24-22(27)19-14-21(15(2)3)25-20-9-7-6-8-18(19)20/h6-15H,5H2,1-4H3,(H,24,27). The van der Waals surface area contributed by atoms with Gasteiger partial charge in [-0.05, 0) is 49.2 Å². The molecule has 1 aromatic heterocycles. The van der Waals surface area contributed by atoms with E-state index in [-0.39, 0.29) is 11.8 Å². The van der Waals surface area contributed by atoms with Crippen molar-refractivity contribution in [2.45, 2.75) is 26.7 Å². The van der Waals surface area contributed by atoms with Crippen molar-refractivity contribution in [2.75, 3.05) is 23.9 Å². The van der Waals surface area contributed by atoms with Crippen molar-refractivity contribution in [3.63, 3.8) is 0 Å². The first-order valence-corrected chi connectivity index (χ1v) is 9.62. The number of hydrogen-bond acceptors (Lipinski definition) is 4. The number of carbonyl (C=O) groups excluding carboxylic acids is 2. The minimum atomic E-state index is -0.422. The summed E-state index contributed by atoms with van der Waals surface area (Å²) < 4.78 is 4.99. The van der Waals surface area contributed by atoms with E-state index in [2.05, 4.69) is 24.1 Å². The van der Waals surface area contributed by atoms with Crippen LogP contribution in [0.25, 0.3) is 10.9 Å². The molecule has 1 N–H and O–H groups in total. The van der Waals surface area contributed by atoms with Gasteiger partial charge in [-0.25, -0.2) is 4.79 Å². The topological polar surface area (TPSA) is 71.5 Å². The quantitative estimate of drug-likeness (QED) is 0.649. The van der Waals surface area contributed by atoms with Crippen LogP contribution < -0.4 is 10.2 Å². The molecule has 0 atom stereocenters. The van der Waals surface area contributed by atoms with Crippen LogP contribution in [-0.2, 0) is 4.74 Å². The normalized spacial score (nSPS) is 10.8. The number of carbonyl (C=O) groups is 2. The number of pyridine rings is 1. The highest BCUT2D eigenvalue weighted by Crippen LogP contribution is 2.24. The first kappa shape index (κ1) is 20.3. The highest BCUT2D eigenvalue weighted by atomic mass is 16.6. The fourth-order valence-electron chi connectivity index (χ4n) is 2.97. The third-order valence-electron chi connectivity index (χ3n) is 4.63. The van der Waals surface area contributed by atoms with E-state index in [4.69, 9.17) is 4.74 Å². The number of fused-ring (bicyclic) bond motifs is 1. The van der Waals surface area contributed by atoms with Crippen molar-refractivity contribution in [2.24, 2.45) is 0 Å². The second kappa shape index (κ2) is 8.73. The summed E-state index contributed by atoms with van der Waals surface area (Å²) in [5.74, 6) is 0.0147. The summed E-state index contributed by atoms with van der Waals surface area (Å²) in [6.45, 7) is 6.18. The Morgan fingerprint density at radius 2 is 1.79 bits per heavy atom. The molecule has 0 bridgehead atoms. The Morgan fingerprint density at radius 3 is 2.45 bits per heavy atom. The number of amides is 2. The van der Waals surface area contributed by atoms with E-state index >= 15 is 0 Å². The molecule has 29 heavy (non-hydrogen) atoms. The highest BCUT2D eigenvalue weighted by Gasteiger charge is 2.15. The van der Waals surface area contributed by atoms with Crippen molar-refractivity contribution >= 4 is 34.3 Å². The summed E-state index contributed by atoms with van der Waals surface area (Å²) in [6.07, 6.45) is -0.422. The highest BCUT2D eigenvalue weighted by molar-refractivity contribution is 6.12. The van der Waals surface area contributed by atoms with Gasteiger partial charge in [0.25, 0.3) is 5.91 Å². The maximum Gasteiger partial charge on any atom is 0.413 e. The van der Waals surface area contributed by atoms with Gasteiger partial charge in [0.2, 0.25) is 0 Å². The van der Waals surface area contributed by atoms with Crippen molar-refractivity contribution < 1.29 is 14.3 Å². The van der Waals surface area contributed by atoms with Crippen LogP contribution >= 0.6 is 0 Å². The summed E-state index contributed by atoms with van der Waals surface area (Å²) in [5, 5.41) is 3.75. The Hall–Kier alpha value is -3.41. The summed E-state index contributed by atoms with van der Waals surface area (Å²) in [5.41, 5.74) is 3.59. The van der Waals surface area contributed by atoms with Gasteiger partial charge in [0.05, 0.1) is 17.7 Å². The second-order valence-corrected chi connectivity index (χ2v) is 7.03. The molecule has 0 saturated carbocycles. The molecule has 0 saturated heterocycles. The van der Waals surface area contributed by atoms with E-state index in [1.54, 1.807) is 38.2 Å². The van der Waals surface area contributed by atoms with Gasteiger partial charge in [0, 0.05) is 29.5 Å². The van der Waals surface area contributed by atoms with Gasteiger partial charge in [-0.2, -0.15) is 0 Å². The van der Waals surface area contributed by atoms with Crippen LogP contribution in [0.2, 0.25) is 0 Å². The summed E-state index contributed by atoms with van der Waals surface area (Å²) in [4.78, 5) is 30.9. The molecule has 2 amide bonds. The predicted molar refractivity (Wildman–Crippen MR) is 116 cm³/mol. The first-order valence-electron chi connectivity index (χ1n) is 9.62. The van der Waals surface area contributed by atoms with Gasteiger partial charge in [0.15, 0.2) is 0 Å². The van der Waals surface area contributed by atoms with Crippen molar-refractivity contribution in [3.8, 4) is 0 Å². The minimum Gasteiger partial charge on any atom is -0.449 e. The van der Waals surface area contributed by atoms with Crippen LogP contribution in [0.4, 0.5) is 16.2 Å². The fourth-order valence-corrected chi connectivity index (χ4v) is 2.97. The third-order valence-corrected chi connectivity index (χ3v) is 4.63. The number of anilines is 2. The van der Waals surface area contributed by atoms with E-state index < -0.39 is 6.09 Å². The number of ether oxygens (including phenoxy) is 1. The summed E-state index contributed by atoms with van der Waals surface area (Å²) in [7, 11) is 1.64. The SMILES string of the molecule is CCOC(=O)N(C)c1ccc(NC(=O)c2cc(C(C)C)nc3ccccc23)cc1. The van der Waals surface area contributed by atoms with Gasteiger partial charge >= 0.3 is 6.09 Å². The molecular formula is C23H25N3O3. The molecule has 0 fully saturated rings. The molecule has 0 aliphatic heterocycles. The molecule has 0 spiro atoms. The third kappa shape index (κ3) is 4.54.